The molecule has 0 fully saturated rings. The van der Waals surface area contributed by atoms with Gasteiger partial charge < -0.3 is 9.84 Å². The highest BCUT2D eigenvalue weighted by Crippen LogP contribution is 2.33. The largest absolute Gasteiger partial charge is 0.493 e. The Hall–Kier alpha value is -1.56. The minimum absolute atomic E-state index is 0.250. The molecule has 0 aliphatic carbocycles. The van der Waals surface area contributed by atoms with Crippen LogP contribution in [0.5, 0.6) is 5.75 Å². The van der Waals surface area contributed by atoms with E-state index in [4.69, 9.17) is 4.74 Å². The van der Waals surface area contributed by atoms with Crippen molar-refractivity contribution < 1.29 is 14.6 Å². The quantitative estimate of drug-likeness (QED) is 0.506. The van der Waals surface area contributed by atoms with Gasteiger partial charge >= 0.3 is 5.97 Å². The minimum atomic E-state index is -0.892. The third kappa shape index (κ3) is 4.25. The lowest BCUT2D eigenvalue weighted by molar-refractivity contribution is 0.0697. The number of ether oxygens (including phenoxy) is 1. The lowest BCUT2D eigenvalue weighted by Crippen LogP contribution is -2.01. The van der Waals surface area contributed by atoms with Crippen molar-refractivity contribution in [1.29, 1.82) is 0 Å². The van der Waals surface area contributed by atoms with E-state index in [1.165, 1.54) is 0 Å². The van der Waals surface area contributed by atoms with Crippen LogP contribution < -0.4 is 4.74 Å². The molecule has 122 valence electrons. The molecule has 4 heteroatoms. The molecular weight excluding hydrogens is 403 g/mol. The molecule has 2 aromatic rings. The summed E-state index contributed by atoms with van der Waals surface area (Å²) in [4.78, 5) is 11.2. The third-order valence-electron chi connectivity index (χ3n) is 3.74. The molecule has 0 atom stereocenters. The number of alkyl halides is 1. The van der Waals surface area contributed by atoms with Crippen LogP contribution in [-0.4, -0.2) is 22.1 Å². The van der Waals surface area contributed by atoms with Gasteiger partial charge in [0.05, 0.1) is 12.2 Å². The number of hydrogen-bond donors (Lipinski definition) is 1. The van der Waals surface area contributed by atoms with Crippen LogP contribution >= 0.6 is 22.6 Å². The van der Waals surface area contributed by atoms with Crippen LogP contribution in [0.25, 0.3) is 11.1 Å². The first-order valence-electron chi connectivity index (χ1n) is 7.61. The molecule has 0 aliphatic heterocycles. The molecule has 2 rings (SSSR count). The van der Waals surface area contributed by atoms with Gasteiger partial charge in [-0.3, -0.25) is 0 Å². The Morgan fingerprint density at radius 2 is 1.96 bits per heavy atom. The molecule has 0 unspecified atom stereocenters. The maximum absolute atomic E-state index is 11.2. The first kappa shape index (κ1) is 17.8. The maximum atomic E-state index is 11.2. The van der Waals surface area contributed by atoms with Crippen molar-refractivity contribution in [2.45, 2.75) is 26.7 Å². The number of carboxylic acid groups (broad SMARTS) is 1. The summed E-state index contributed by atoms with van der Waals surface area (Å²) < 4.78 is 6.67. The van der Waals surface area contributed by atoms with Gasteiger partial charge in [-0.05, 0) is 59.4 Å². The lowest BCUT2D eigenvalue weighted by atomic mass is 9.90. The van der Waals surface area contributed by atoms with E-state index in [-0.39, 0.29) is 5.92 Å². The highest BCUT2D eigenvalue weighted by atomic mass is 127. The second-order valence-electron chi connectivity index (χ2n) is 5.78. The molecule has 0 aliphatic rings. The Kier molecular flexibility index (Phi) is 6.04. The molecule has 0 heterocycles. The first-order valence-corrected chi connectivity index (χ1v) is 9.13. The fourth-order valence-electron chi connectivity index (χ4n) is 2.56. The van der Waals surface area contributed by atoms with Crippen molar-refractivity contribution in [3.05, 3.63) is 53.1 Å². The summed E-state index contributed by atoms with van der Waals surface area (Å²) in [6.07, 6.45) is 0. The summed E-state index contributed by atoms with van der Waals surface area (Å²) in [5.74, 6) is 0.260. The van der Waals surface area contributed by atoms with Gasteiger partial charge in [-0.25, -0.2) is 4.79 Å². The van der Waals surface area contributed by atoms with Crippen molar-refractivity contribution >= 4 is 28.6 Å². The summed E-state index contributed by atoms with van der Waals surface area (Å²) in [5.41, 5.74) is 4.63. The fraction of sp³-hybridized carbons (Fsp3) is 0.316. The number of benzene rings is 2. The van der Waals surface area contributed by atoms with Crippen molar-refractivity contribution in [1.82, 2.24) is 0 Å². The fourth-order valence-corrected chi connectivity index (χ4v) is 2.78. The monoisotopic (exact) mass is 424 g/mol. The molecule has 0 aromatic heterocycles. The zero-order chi connectivity index (χ0) is 17.0. The lowest BCUT2D eigenvalue weighted by Gasteiger charge is -2.16. The van der Waals surface area contributed by atoms with Crippen molar-refractivity contribution in [2.75, 3.05) is 11.0 Å². The molecule has 3 nitrogen and oxygen atoms in total. The van der Waals surface area contributed by atoms with Crippen molar-refractivity contribution in [3.63, 3.8) is 0 Å². The Labute approximate surface area is 150 Å². The SMILES string of the molecule is Cc1cc(-c2ccc(C(=O)O)cc2C(C)C)ccc1OCCI. The van der Waals surface area contributed by atoms with E-state index in [0.717, 1.165) is 32.4 Å². The normalized spacial score (nSPS) is 10.8. The molecule has 0 radical (unpaired) electrons. The van der Waals surface area contributed by atoms with Gasteiger partial charge in [0, 0.05) is 4.43 Å². The van der Waals surface area contributed by atoms with Gasteiger partial charge in [-0.2, -0.15) is 0 Å². The van der Waals surface area contributed by atoms with Gasteiger partial charge in [-0.1, -0.05) is 48.6 Å². The van der Waals surface area contributed by atoms with Gasteiger partial charge in [0.1, 0.15) is 5.75 Å². The molecule has 23 heavy (non-hydrogen) atoms. The maximum Gasteiger partial charge on any atom is 0.335 e. The van der Waals surface area contributed by atoms with Crippen LogP contribution in [0.3, 0.4) is 0 Å². The molecule has 0 saturated carbocycles. The Morgan fingerprint density at radius 3 is 2.52 bits per heavy atom. The number of aryl methyl sites for hydroxylation is 1. The molecule has 2 aromatic carbocycles. The average molecular weight is 424 g/mol. The molecule has 1 N–H and O–H groups in total. The second kappa shape index (κ2) is 7.81. The number of aromatic carboxylic acids is 1. The molecule has 0 spiro atoms. The Bertz CT molecular complexity index is 708. The van der Waals surface area contributed by atoms with E-state index in [1.807, 2.05) is 25.1 Å². The van der Waals surface area contributed by atoms with Crippen LogP contribution in [0.1, 0.15) is 41.3 Å². The van der Waals surface area contributed by atoms with Gasteiger partial charge in [-0.15, -0.1) is 0 Å². The van der Waals surface area contributed by atoms with Crippen LogP contribution in [0, 0.1) is 6.92 Å². The summed E-state index contributed by atoms with van der Waals surface area (Å²) in [7, 11) is 0. The first-order chi connectivity index (χ1) is 10.9. The van der Waals surface area contributed by atoms with E-state index in [0.29, 0.717) is 12.2 Å². The Balaban J connectivity index is 2.45. The number of carbonyl (C=O) groups is 1. The summed E-state index contributed by atoms with van der Waals surface area (Å²) >= 11 is 2.29. The third-order valence-corrected chi connectivity index (χ3v) is 4.18. The minimum Gasteiger partial charge on any atom is -0.493 e. The highest BCUT2D eigenvalue weighted by molar-refractivity contribution is 14.1. The van der Waals surface area contributed by atoms with Gasteiger partial charge in [0.2, 0.25) is 0 Å². The summed E-state index contributed by atoms with van der Waals surface area (Å²) in [6.45, 7) is 6.89. The average Bonchev–Trinajstić information content (AvgIpc) is 2.53. The van der Waals surface area contributed by atoms with E-state index in [2.05, 4.69) is 42.5 Å². The summed E-state index contributed by atoms with van der Waals surface area (Å²) in [6, 6.07) is 11.5. The summed E-state index contributed by atoms with van der Waals surface area (Å²) in [5, 5.41) is 9.20. The van der Waals surface area contributed by atoms with Gasteiger partial charge in [0.15, 0.2) is 0 Å². The molecule has 0 amide bonds. The smallest absolute Gasteiger partial charge is 0.335 e. The zero-order valence-corrected chi connectivity index (χ0v) is 15.8. The molecular formula is C19H21IO3. The van der Waals surface area contributed by atoms with Crippen LogP contribution in [-0.2, 0) is 0 Å². The van der Waals surface area contributed by atoms with E-state index in [1.54, 1.807) is 12.1 Å². The zero-order valence-electron chi connectivity index (χ0n) is 13.6. The van der Waals surface area contributed by atoms with Crippen LogP contribution in [0.2, 0.25) is 0 Å². The Morgan fingerprint density at radius 1 is 1.22 bits per heavy atom. The number of rotatable bonds is 6. The van der Waals surface area contributed by atoms with E-state index >= 15 is 0 Å². The van der Waals surface area contributed by atoms with Crippen LogP contribution in [0.15, 0.2) is 36.4 Å². The number of hydrogen-bond acceptors (Lipinski definition) is 2. The van der Waals surface area contributed by atoms with Gasteiger partial charge in [0.25, 0.3) is 0 Å². The predicted octanol–water partition coefficient (Wildman–Crippen LogP) is 5.30. The predicted molar refractivity (Wildman–Crippen MR) is 102 cm³/mol. The van der Waals surface area contributed by atoms with Crippen molar-refractivity contribution in [3.8, 4) is 16.9 Å². The number of halogens is 1. The van der Waals surface area contributed by atoms with E-state index in [9.17, 15) is 9.90 Å². The highest BCUT2D eigenvalue weighted by Gasteiger charge is 2.13. The topological polar surface area (TPSA) is 46.5 Å². The van der Waals surface area contributed by atoms with Crippen LogP contribution in [0.4, 0.5) is 0 Å². The van der Waals surface area contributed by atoms with Crippen molar-refractivity contribution in [2.24, 2.45) is 0 Å². The second-order valence-corrected chi connectivity index (χ2v) is 6.86. The molecule has 0 saturated heterocycles. The molecule has 0 bridgehead atoms. The standard InChI is InChI=1S/C19H21IO3/c1-12(2)17-11-15(19(21)22)4-6-16(17)14-5-7-18(13(3)10-14)23-9-8-20/h4-7,10-12H,8-9H2,1-3H3,(H,21,22). The number of carboxylic acids is 1. The van der Waals surface area contributed by atoms with E-state index < -0.39 is 5.97 Å².